The summed E-state index contributed by atoms with van der Waals surface area (Å²) in [7, 11) is 0. The van der Waals surface area contributed by atoms with E-state index in [-0.39, 0.29) is 11.9 Å². The Balaban J connectivity index is 1.55. The van der Waals surface area contributed by atoms with E-state index in [1.54, 1.807) is 18.3 Å². The van der Waals surface area contributed by atoms with Gasteiger partial charge in [-0.3, -0.25) is 5.10 Å². The Labute approximate surface area is 171 Å². The summed E-state index contributed by atoms with van der Waals surface area (Å²) in [6, 6.07) is 5.10. The number of rotatable bonds is 6. The molecule has 154 valence electrons. The standard InChI is InChI=1S/C21H20F2N6O/c1-2-16-18(12-24)26-20(17-5-8-25-28-17)21(27-16)29-9-6-14(7-10-29)30-19-4-3-13(22)11-15(19)23/h2-5,8,11-12,14,24H,1,6-7,9-10H2,(H,25,28). The number of benzene rings is 1. The van der Waals surface area contributed by atoms with E-state index in [4.69, 9.17) is 10.1 Å². The van der Waals surface area contributed by atoms with Gasteiger partial charge in [-0.15, -0.1) is 0 Å². The maximum atomic E-state index is 13.9. The Morgan fingerprint density at radius 2 is 1.97 bits per heavy atom. The lowest BCUT2D eigenvalue weighted by atomic mass is 10.1. The Hall–Kier alpha value is -3.62. The minimum absolute atomic E-state index is 0.0528. The second-order valence-corrected chi connectivity index (χ2v) is 6.86. The average molecular weight is 410 g/mol. The molecule has 4 rings (SSSR count). The van der Waals surface area contributed by atoms with Gasteiger partial charge < -0.3 is 15.0 Å². The monoisotopic (exact) mass is 410 g/mol. The highest BCUT2D eigenvalue weighted by atomic mass is 19.1. The van der Waals surface area contributed by atoms with E-state index in [1.807, 2.05) is 0 Å². The van der Waals surface area contributed by atoms with Crippen molar-refractivity contribution in [3.05, 3.63) is 60.1 Å². The number of aromatic amines is 1. The molecule has 1 aromatic carbocycles. The molecule has 2 N–H and O–H groups in total. The lowest BCUT2D eigenvalue weighted by molar-refractivity contribution is 0.163. The average Bonchev–Trinajstić information content (AvgIpc) is 3.30. The van der Waals surface area contributed by atoms with E-state index in [9.17, 15) is 8.78 Å². The first kappa shape index (κ1) is 19.7. The van der Waals surface area contributed by atoms with Gasteiger partial charge in [0.05, 0.1) is 11.4 Å². The first-order valence-electron chi connectivity index (χ1n) is 9.50. The second kappa shape index (κ2) is 8.40. The second-order valence-electron chi connectivity index (χ2n) is 6.86. The molecule has 0 unspecified atom stereocenters. The molecule has 0 spiro atoms. The van der Waals surface area contributed by atoms with Crippen LogP contribution >= 0.6 is 0 Å². The zero-order chi connectivity index (χ0) is 21.1. The van der Waals surface area contributed by atoms with E-state index in [2.05, 4.69) is 31.6 Å². The molecule has 0 aliphatic carbocycles. The molecule has 0 amide bonds. The number of halogens is 2. The van der Waals surface area contributed by atoms with Gasteiger partial charge in [0, 0.05) is 44.4 Å². The summed E-state index contributed by atoms with van der Waals surface area (Å²) in [5.41, 5.74) is 2.24. The zero-order valence-electron chi connectivity index (χ0n) is 16.1. The summed E-state index contributed by atoms with van der Waals surface area (Å²) >= 11 is 0. The van der Waals surface area contributed by atoms with Crippen molar-refractivity contribution in [3.8, 4) is 17.1 Å². The first-order chi connectivity index (χ1) is 14.6. The number of nitrogens with one attached hydrogen (secondary N) is 2. The Bertz CT molecular complexity index is 1060. The number of hydrogen-bond acceptors (Lipinski definition) is 6. The number of aromatic nitrogens is 4. The van der Waals surface area contributed by atoms with Crippen molar-refractivity contribution in [2.75, 3.05) is 18.0 Å². The van der Waals surface area contributed by atoms with Crippen LogP contribution in [-0.2, 0) is 0 Å². The van der Waals surface area contributed by atoms with Gasteiger partial charge in [0.1, 0.15) is 23.3 Å². The Morgan fingerprint density at radius 3 is 2.60 bits per heavy atom. The van der Waals surface area contributed by atoms with Crippen LogP contribution in [0.3, 0.4) is 0 Å². The molecule has 3 aromatic rings. The van der Waals surface area contributed by atoms with Gasteiger partial charge in [-0.25, -0.2) is 18.7 Å². The molecule has 1 aliphatic rings. The van der Waals surface area contributed by atoms with Crippen molar-refractivity contribution in [1.82, 2.24) is 20.2 Å². The van der Waals surface area contributed by atoms with Crippen LogP contribution in [-0.4, -0.2) is 45.6 Å². The van der Waals surface area contributed by atoms with Crippen molar-refractivity contribution in [2.24, 2.45) is 0 Å². The minimum Gasteiger partial charge on any atom is -0.487 e. The van der Waals surface area contributed by atoms with Crippen LogP contribution in [0.1, 0.15) is 24.2 Å². The molecule has 0 atom stereocenters. The fraction of sp³-hybridized carbons (Fsp3) is 0.238. The minimum atomic E-state index is -0.706. The van der Waals surface area contributed by atoms with Crippen LogP contribution < -0.4 is 9.64 Å². The van der Waals surface area contributed by atoms with Gasteiger partial charge in [0.15, 0.2) is 17.4 Å². The molecule has 1 fully saturated rings. The van der Waals surface area contributed by atoms with E-state index < -0.39 is 11.6 Å². The predicted molar refractivity (Wildman–Crippen MR) is 110 cm³/mol. The normalized spacial score (nSPS) is 14.5. The summed E-state index contributed by atoms with van der Waals surface area (Å²) in [5, 5.41) is 14.5. The van der Waals surface area contributed by atoms with Crippen molar-refractivity contribution in [3.63, 3.8) is 0 Å². The molecule has 7 nitrogen and oxygen atoms in total. The molecular weight excluding hydrogens is 390 g/mol. The van der Waals surface area contributed by atoms with Gasteiger partial charge >= 0.3 is 0 Å². The number of hydrogen-bond donors (Lipinski definition) is 2. The van der Waals surface area contributed by atoms with Crippen LogP contribution in [0.25, 0.3) is 17.5 Å². The van der Waals surface area contributed by atoms with Crippen LogP contribution in [0.4, 0.5) is 14.6 Å². The fourth-order valence-electron chi connectivity index (χ4n) is 3.43. The number of anilines is 1. The number of piperidine rings is 1. The van der Waals surface area contributed by atoms with Crippen molar-refractivity contribution < 1.29 is 13.5 Å². The molecule has 1 aliphatic heterocycles. The van der Waals surface area contributed by atoms with Gasteiger partial charge in [-0.05, 0) is 24.3 Å². The van der Waals surface area contributed by atoms with Crippen molar-refractivity contribution in [2.45, 2.75) is 18.9 Å². The van der Waals surface area contributed by atoms with Crippen molar-refractivity contribution in [1.29, 1.82) is 5.41 Å². The largest absolute Gasteiger partial charge is 0.487 e. The van der Waals surface area contributed by atoms with Crippen LogP contribution in [0, 0.1) is 17.0 Å². The van der Waals surface area contributed by atoms with Crippen LogP contribution in [0.15, 0.2) is 37.0 Å². The Morgan fingerprint density at radius 1 is 1.17 bits per heavy atom. The highest BCUT2D eigenvalue weighted by Crippen LogP contribution is 2.30. The fourth-order valence-corrected chi connectivity index (χ4v) is 3.43. The highest BCUT2D eigenvalue weighted by molar-refractivity contribution is 5.83. The zero-order valence-corrected chi connectivity index (χ0v) is 16.1. The van der Waals surface area contributed by atoms with E-state index in [1.165, 1.54) is 12.1 Å². The number of H-pyrrole nitrogens is 1. The van der Waals surface area contributed by atoms with Crippen LogP contribution in [0.2, 0.25) is 0 Å². The SMILES string of the molecule is C=Cc1nc(N2CCC(Oc3ccc(F)cc3F)CC2)c(-c2ccn[nH]2)nc1C=N. The van der Waals surface area contributed by atoms with Crippen LogP contribution in [0.5, 0.6) is 5.75 Å². The smallest absolute Gasteiger partial charge is 0.167 e. The summed E-state index contributed by atoms with van der Waals surface area (Å²) in [5.74, 6) is -0.628. The van der Waals surface area contributed by atoms with E-state index >= 15 is 0 Å². The maximum Gasteiger partial charge on any atom is 0.167 e. The third-order valence-electron chi connectivity index (χ3n) is 4.95. The summed E-state index contributed by atoms with van der Waals surface area (Å²) in [6.07, 6.45) is 5.42. The summed E-state index contributed by atoms with van der Waals surface area (Å²) in [4.78, 5) is 11.3. The molecule has 2 aromatic heterocycles. The number of nitrogens with zero attached hydrogens (tertiary/aromatic N) is 4. The molecule has 3 heterocycles. The maximum absolute atomic E-state index is 13.9. The first-order valence-corrected chi connectivity index (χ1v) is 9.50. The Kier molecular flexibility index (Phi) is 5.51. The summed E-state index contributed by atoms with van der Waals surface area (Å²) in [6.45, 7) is 4.99. The third kappa shape index (κ3) is 3.91. The van der Waals surface area contributed by atoms with Gasteiger partial charge in [-0.1, -0.05) is 6.58 Å². The molecule has 0 radical (unpaired) electrons. The van der Waals surface area contributed by atoms with E-state index in [0.29, 0.717) is 54.5 Å². The number of ether oxygens (including phenoxy) is 1. The molecule has 0 bridgehead atoms. The van der Waals surface area contributed by atoms with Gasteiger partial charge in [0.25, 0.3) is 0 Å². The quantitative estimate of drug-likeness (QED) is 0.603. The summed E-state index contributed by atoms with van der Waals surface area (Å²) < 4.78 is 32.7. The van der Waals surface area contributed by atoms with Crippen molar-refractivity contribution >= 4 is 18.1 Å². The lowest BCUT2D eigenvalue weighted by Gasteiger charge is -2.33. The highest BCUT2D eigenvalue weighted by Gasteiger charge is 2.26. The van der Waals surface area contributed by atoms with Gasteiger partial charge in [0.2, 0.25) is 0 Å². The molecule has 0 saturated carbocycles. The molecular formula is C21H20F2N6O. The van der Waals surface area contributed by atoms with E-state index in [0.717, 1.165) is 12.3 Å². The third-order valence-corrected chi connectivity index (χ3v) is 4.95. The predicted octanol–water partition coefficient (Wildman–Crippen LogP) is 3.83. The topological polar surface area (TPSA) is 90.8 Å². The molecule has 1 saturated heterocycles. The lowest BCUT2D eigenvalue weighted by Crippen LogP contribution is -2.39. The molecule has 9 heteroatoms. The molecule has 30 heavy (non-hydrogen) atoms. The van der Waals surface area contributed by atoms with Gasteiger partial charge in [-0.2, -0.15) is 5.10 Å².